The minimum absolute atomic E-state index is 0.0367. The minimum atomic E-state index is 0.0367. The highest BCUT2D eigenvalue weighted by atomic mass is 16.5. The van der Waals surface area contributed by atoms with E-state index < -0.39 is 0 Å². The number of aryl methyl sites for hydroxylation is 1. The lowest BCUT2D eigenvalue weighted by molar-refractivity contribution is 0.0735. The van der Waals surface area contributed by atoms with Gasteiger partial charge in [0.1, 0.15) is 5.75 Å². The lowest BCUT2D eigenvalue weighted by Gasteiger charge is -2.25. The van der Waals surface area contributed by atoms with Crippen LogP contribution in [0.3, 0.4) is 0 Å². The number of hydrogen-bond donors (Lipinski definition) is 0. The molecule has 1 fully saturated rings. The quantitative estimate of drug-likeness (QED) is 0.691. The molecule has 0 radical (unpaired) electrons. The van der Waals surface area contributed by atoms with Crippen LogP contribution < -0.4 is 4.74 Å². The van der Waals surface area contributed by atoms with Gasteiger partial charge in [0.2, 0.25) is 11.7 Å². The monoisotopic (exact) mass is 364 g/mol. The summed E-state index contributed by atoms with van der Waals surface area (Å²) in [7, 11) is 0. The highest BCUT2D eigenvalue weighted by Crippen LogP contribution is 2.33. The van der Waals surface area contributed by atoms with Crippen LogP contribution >= 0.6 is 0 Å². The lowest BCUT2D eigenvalue weighted by Crippen LogP contribution is -2.30. The molecule has 0 saturated carbocycles. The van der Waals surface area contributed by atoms with Crippen molar-refractivity contribution in [3.05, 3.63) is 71.6 Å². The van der Waals surface area contributed by atoms with Gasteiger partial charge in [-0.05, 0) is 54.8 Å². The SMILES string of the molecule is Cc1nc(COc2ccc(C(=O)N3CCC[C@@H]3c3ccncc3)cc2)no1. The summed E-state index contributed by atoms with van der Waals surface area (Å²) in [4.78, 5) is 23.1. The third-order valence-corrected chi connectivity index (χ3v) is 4.64. The molecule has 3 aromatic rings. The van der Waals surface area contributed by atoms with Gasteiger partial charge in [-0.1, -0.05) is 5.16 Å². The van der Waals surface area contributed by atoms with Crippen molar-refractivity contribution in [2.75, 3.05) is 6.54 Å². The summed E-state index contributed by atoms with van der Waals surface area (Å²) in [6.45, 7) is 2.72. The van der Waals surface area contributed by atoms with Crippen molar-refractivity contribution in [2.45, 2.75) is 32.4 Å². The number of benzene rings is 1. The third-order valence-electron chi connectivity index (χ3n) is 4.64. The number of nitrogens with zero attached hydrogens (tertiary/aromatic N) is 4. The molecule has 27 heavy (non-hydrogen) atoms. The first-order valence-corrected chi connectivity index (χ1v) is 8.93. The Hall–Kier alpha value is -3.22. The van der Waals surface area contributed by atoms with Gasteiger partial charge in [0, 0.05) is 31.4 Å². The van der Waals surface area contributed by atoms with Crippen LogP contribution in [0.2, 0.25) is 0 Å². The van der Waals surface area contributed by atoms with Gasteiger partial charge in [-0.3, -0.25) is 9.78 Å². The molecule has 3 heterocycles. The largest absolute Gasteiger partial charge is 0.485 e. The second-order valence-electron chi connectivity index (χ2n) is 6.48. The molecule has 1 amide bonds. The van der Waals surface area contributed by atoms with E-state index in [2.05, 4.69) is 15.1 Å². The molecule has 1 aliphatic rings. The van der Waals surface area contributed by atoms with Gasteiger partial charge in [0.25, 0.3) is 5.91 Å². The molecule has 0 aliphatic carbocycles. The van der Waals surface area contributed by atoms with Gasteiger partial charge in [0.05, 0.1) is 6.04 Å². The van der Waals surface area contributed by atoms with Crippen molar-refractivity contribution < 1.29 is 14.1 Å². The van der Waals surface area contributed by atoms with Crippen LogP contribution in [0.25, 0.3) is 0 Å². The second kappa shape index (κ2) is 7.57. The third kappa shape index (κ3) is 3.81. The van der Waals surface area contributed by atoms with Gasteiger partial charge >= 0.3 is 0 Å². The average molecular weight is 364 g/mol. The van der Waals surface area contributed by atoms with Gasteiger partial charge in [0.15, 0.2) is 6.61 Å². The van der Waals surface area contributed by atoms with Crippen LogP contribution in [0.4, 0.5) is 0 Å². The first kappa shape index (κ1) is 17.2. The van der Waals surface area contributed by atoms with Crippen molar-refractivity contribution in [3.8, 4) is 5.75 Å². The highest BCUT2D eigenvalue weighted by molar-refractivity contribution is 5.94. The first-order chi connectivity index (χ1) is 13.2. The van der Waals surface area contributed by atoms with E-state index in [-0.39, 0.29) is 18.6 Å². The molecule has 0 N–H and O–H groups in total. The number of carbonyl (C=O) groups excluding carboxylic acids is 1. The predicted molar refractivity (Wildman–Crippen MR) is 97.1 cm³/mol. The molecule has 0 bridgehead atoms. The maximum Gasteiger partial charge on any atom is 0.254 e. The molecule has 1 aliphatic heterocycles. The van der Waals surface area contributed by atoms with Crippen LogP contribution in [0, 0.1) is 6.92 Å². The number of amides is 1. The number of pyridine rings is 1. The van der Waals surface area contributed by atoms with Crippen LogP contribution in [0.1, 0.15) is 46.5 Å². The van der Waals surface area contributed by atoms with Gasteiger partial charge in [-0.15, -0.1) is 0 Å². The summed E-state index contributed by atoms with van der Waals surface area (Å²) in [5.41, 5.74) is 1.78. The topological polar surface area (TPSA) is 81.4 Å². The number of hydrogen-bond acceptors (Lipinski definition) is 6. The average Bonchev–Trinajstić information content (AvgIpc) is 3.36. The van der Waals surface area contributed by atoms with Crippen molar-refractivity contribution >= 4 is 5.91 Å². The van der Waals surface area contributed by atoms with Crippen LogP contribution in [0.5, 0.6) is 5.75 Å². The molecule has 4 rings (SSSR count). The van der Waals surface area contributed by atoms with E-state index in [1.165, 1.54) is 0 Å². The molecule has 7 heteroatoms. The Morgan fingerprint density at radius 2 is 2.00 bits per heavy atom. The van der Waals surface area contributed by atoms with Crippen molar-refractivity contribution in [1.29, 1.82) is 0 Å². The number of ether oxygens (including phenoxy) is 1. The summed E-state index contributed by atoms with van der Waals surface area (Å²) < 4.78 is 10.6. The van der Waals surface area contributed by atoms with E-state index >= 15 is 0 Å². The molecule has 138 valence electrons. The molecule has 0 unspecified atom stereocenters. The minimum Gasteiger partial charge on any atom is -0.485 e. The van der Waals surface area contributed by atoms with E-state index in [0.29, 0.717) is 23.0 Å². The van der Waals surface area contributed by atoms with Gasteiger partial charge in [-0.2, -0.15) is 4.98 Å². The molecule has 7 nitrogen and oxygen atoms in total. The molecule has 2 aromatic heterocycles. The van der Waals surface area contributed by atoms with Gasteiger partial charge < -0.3 is 14.2 Å². The van der Waals surface area contributed by atoms with Crippen LogP contribution in [-0.4, -0.2) is 32.5 Å². The van der Waals surface area contributed by atoms with Crippen LogP contribution in [0.15, 0.2) is 53.3 Å². The van der Waals surface area contributed by atoms with Crippen molar-refractivity contribution in [3.63, 3.8) is 0 Å². The molecular weight excluding hydrogens is 344 g/mol. The van der Waals surface area contributed by atoms with Crippen molar-refractivity contribution in [2.24, 2.45) is 0 Å². The Labute approximate surface area is 157 Å². The standard InChI is InChI=1S/C20H20N4O3/c1-14-22-19(23-27-14)13-26-17-6-4-16(5-7-17)20(25)24-12-2-3-18(24)15-8-10-21-11-9-15/h4-11,18H,2-3,12-13H2,1H3/t18-/m1/s1. The molecule has 1 aromatic carbocycles. The van der Waals surface area contributed by atoms with E-state index in [4.69, 9.17) is 9.26 Å². The Bertz CT molecular complexity index is 908. The van der Waals surface area contributed by atoms with Crippen LogP contribution in [-0.2, 0) is 6.61 Å². The fourth-order valence-corrected chi connectivity index (χ4v) is 3.35. The summed E-state index contributed by atoms with van der Waals surface area (Å²) in [6.07, 6.45) is 5.52. The zero-order valence-corrected chi connectivity index (χ0v) is 15.0. The predicted octanol–water partition coefficient (Wildman–Crippen LogP) is 3.33. The van der Waals surface area contributed by atoms with E-state index in [1.807, 2.05) is 17.0 Å². The first-order valence-electron chi connectivity index (χ1n) is 8.93. The highest BCUT2D eigenvalue weighted by Gasteiger charge is 2.30. The molecule has 0 spiro atoms. The summed E-state index contributed by atoms with van der Waals surface area (Å²) in [6, 6.07) is 11.2. The van der Waals surface area contributed by atoms with E-state index in [1.54, 1.807) is 43.6 Å². The number of aromatic nitrogens is 3. The molecule has 1 saturated heterocycles. The van der Waals surface area contributed by atoms with Crippen molar-refractivity contribution in [1.82, 2.24) is 20.0 Å². The Morgan fingerprint density at radius 3 is 2.70 bits per heavy atom. The fourth-order valence-electron chi connectivity index (χ4n) is 3.35. The molecule has 1 atom stereocenters. The lowest BCUT2D eigenvalue weighted by atomic mass is 10.1. The summed E-state index contributed by atoms with van der Waals surface area (Å²) >= 11 is 0. The van der Waals surface area contributed by atoms with E-state index in [9.17, 15) is 4.79 Å². The normalized spacial score (nSPS) is 16.5. The second-order valence-corrected chi connectivity index (χ2v) is 6.48. The summed E-state index contributed by atoms with van der Waals surface area (Å²) in [5.74, 6) is 1.68. The fraction of sp³-hybridized carbons (Fsp3) is 0.300. The van der Waals surface area contributed by atoms with Gasteiger partial charge in [-0.25, -0.2) is 0 Å². The summed E-state index contributed by atoms with van der Waals surface area (Å²) in [5, 5.41) is 3.79. The zero-order valence-electron chi connectivity index (χ0n) is 15.0. The number of rotatable bonds is 5. The molecular formula is C20H20N4O3. The Morgan fingerprint density at radius 1 is 1.22 bits per heavy atom. The Kier molecular flexibility index (Phi) is 4.82. The maximum atomic E-state index is 13.0. The maximum absolute atomic E-state index is 13.0. The Balaban J connectivity index is 1.42. The number of likely N-dealkylation sites (tertiary alicyclic amines) is 1. The zero-order chi connectivity index (χ0) is 18.6. The van der Waals surface area contributed by atoms with E-state index in [0.717, 1.165) is 24.9 Å². The smallest absolute Gasteiger partial charge is 0.254 e. The number of carbonyl (C=O) groups is 1.